The second kappa shape index (κ2) is 5.48. The van der Waals surface area contributed by atoms with Crippen molar-refractivity contribution in [1.82, 2.24) is 4.98 Å². The van der Waals surface area contributed by atoms with Gasteiger partial charge in [0.1, 0.15) is 5.76 Å². The molecule has 0 saturated heterocycles. The third kappa shape index (κ3) is 2.64. The third-order valence-corrected chi connectivity index (χ3v) is 3.46. The summed E-state index contributed by atoms with van der Waals surface area (Å²) in [6, 6.07) is 0. The lowest BCUT2D eigenvalue weighted by atomic mass is 9.86. The van der Waals surface area contributed by atoms with E-state index in [0.717, 1.165) is 24.5 Å². The number of hydrogen-bond donors (Lipinski definition) is 1. The minimum atomic E-state index is 0.643. The summed E-state index contributed by atoms with van der Waals surface area (Å²) >= 11 is 0. The summed E-state index contributed by atoms with van der Waals surface area (Å²) in [5.74, 6) is 2.55. The van der Waals surface area contributed by atoms with Crippen molar-refractivity contribution >= 4 is 0 Å². The molecular formula is C13H22N2O. The molecule has 90 valence electrons. The van der Waals surface area contributed by atoms with Gasteiger partial charge in [-0.2, -0.15) is 0 Å². The lowest BCUT2D eigenvalue weighted by Gasteiger charge is -2.19. The van der Waals surface area contributed by atoms with Crippen LogP contribution in [0.3, 0.4) is 0 Å². The molecule has 0 aromatic carbocycles. The number of rotatable bonds is 4. The Labute approximate surface area is 97.4 Å². The van der Waals surface area contributed by atoms with Crippen LogP contribution in [0.2, 0.25) is 0 Å². The van der Waals surface area contributed by atoms with Crippen LogP contribution in [0.5, 0.6) is 0 Å². The van der Waals surface area contributed by atoms with Gasteiger partial charge in [-0.05, 0) is 32.7 Å². The van der Waals surface area contributed by atoms with Gasteiger partial charge in [-0.3, -0.25) is 0 Å². The Bertz CT molecular complexity index is 327. The zero-order chi connectivity index (χ0) is 11.4. The Balaban J connectivity index is 2.04. The molecule has 1 aromatic rings. The fourth-order valence-corrected chi connectivity index (χ4v) is 2.58. The normalized spacial score (nSPS) is 17.9. The molecular weight excluding hydrogens is 200 g/mol. The van der Waals surface area contributed by atoms with Crippen molar-refractivity contribution in [2.45, 2.75) is 57.8 Å². The van der Waals surface area contributed by atoms with Crippen molar-refractivity contribution in [3.8, 4) is 0 Å². The van der Waals surface area contributed by atoms with Crippen LogP contribution in [0, 0.1) is 6.92 Å². The summed E-state index contributed by atoms with van der Waals surface area (Å²) in [6.07, 6.45) is 8.47. The molecule has 2 N–H and O–H groups in total. The first-order chi connectivity index (χ1) is 7.81. The van der Waals surface area contributed by atoms with E-state index in [9.17, 15) is 0 Å². The highest BCUT2D eigenvalue weighted by Crippen LogP contribution is 2.33. The molecule has 0 bridgehead atoms. The van der Waals surface area contributed by atoms with E-state index in [1.807, 2.05) is 6.92 Å². The van der Waals surface area contributed by atoms with E-state index in [-0.39, 0.29) is 0 Å². The highest BCUT2D eigenvalue weighted by molar-refractivity contribution is 5.14. The average Bonchev–Trinajstić information content (AvgIpc) is 2.69. The second-order valence-corrected chi connectivity index (χ2v) is 4.78. The summed E-state index contributed by atoms with van der Waals surface area (Å²) in [4.78, 5) is 4.65. The van der Waals surface area contributed by atoms with Gasteiger partial charge in [0, 0.05) is 12.3 Å². The molecule has 0 amide bonds. The van der Waals surface area contributed by atoms with Crippen molar-refractivity contribution in [3.05, 3.63) is 17.3 Å². The number of nitrogens with two attached hydrogens (primary N) is 1. The molecule has 3 nitrogen and oxygen atoms in total. The smallest absolute Gasteiger partial charge is 0.194 e. The Morgan fingerprint density at radius 1 is 1.31 bits per heavy atom. The van der Waals surface area contributed by atoms with Crippen LogP contribution in [0.1, 0.15) is 61.8 Å². The van der Waals surface area contributed by atoms with E-state index >= 15 is 0 Å². The van der Waals surface area contributed by atoms with E-state index < -0.39 is 0 Å². The van der Waals surface area contributed by atoms with Crippen molar-refractivity contribution in [1.29, 1.82) is 0 Å². The Morgan fingerprint density at radius 2 is 2.06 bits per heavy atom. The van der Waals surface area contributed by atoms with Gasteiger partial charge >= 0.3 is 0 Å². The maximum absolute atomic E-state index is 5.70. The summed E-state index contributed by atoms with van der Waals surface area (Å²) in [6.45, 7) is 2.75. The molecule has 0 atom stereocenters. The predicted molar refractivity (Wildman–Crippen MR) is 64.4 cm³/mol. The van der Waals surface area contributed by atoms with E-state index in [2.05, 4.69) is 4.98 Å². The van der Waals surface area contributed by atoms with Gasteiger partial charge in [0.05, 0.1) is 5.69 Å². The van der Waals surface area contributed by atoms with Crippen LogP contribution in [-0.4, -0.2) is 11.5 Å². The van der Waals surface area contributed by atoms with Crippen molar-refractivity contribution in [3.63, 3.8) is 0 Å². The fraction of sp³-hybridized carbons (Fsp3) is 0.769. The third-order valence-electron chi connectivity index (χ3n) is 3.46. The van der Waals surface area contributed by atoms with Crippen molar-refractivity contribution in [2.75, 3.05) is 6.54 Å². The number of nitrogens with zero attached hydrogens (tertiary/aromatic N) is 1. The maximum atomic E-state index is 5.70. The molecule has 0 radical (unpaired) electrons. The number of aryl methyl sites for hydroxylation is 2. The molecule has 1 aliphatic rings. The van der Waals surface area contributed by atoms with Gasteiger partial charge < -0.3 is 10.2 Å². The van der Waals surface area contributed by atoms with Gasteiger partial charge in [-0.15, -0.1) is 0 Å². The molecule has 1 saturated carbocycles. The molecule has 1 heterocycles. The molecule has 0 unspecified atom stereocenters. The van der Waals surface area contributed by atoms with E-state index in [1.165, 1.54) is 37.8 Å². The molecule has 0 aliphatic heterocycles. The molecule has 16 heavy (non-hydrogen) atoms. The lowest BCUT2D eigenvalue weighted by molar-refractivity contribution is 0.429. The zero-order valence-corrected chi connectivity index (χ0v) is 10.2. The fourth-order valence-electron chi connectivity index (χ4n) is 2.58. The Morgan fingerprint density at radius 3 is 2.75 bits per heavy atom. The summed E-state index contributed by atoms with van der Waals surface area (Å²) < 4.78 is 5.70. The highest BCUT2D eigenvalue weighted by atomic mass is 16.4. The van der Waals surface area contributed by atoms with Crippen molar-refractivity contribution < 1.29 is 4.42 Å². The van der Waals surface area contributed by atoms with Gasteiger partial charge in [-0.25, -0.2) is 4.98 Å². The highest BCUT2D eigenvalue weighted by Gasteiger charge is 2.21. The summed E-state index contributed by atoms with van der Waals surface area (Å²) in [5.41, 5.74) is 6.71. The van der Waals surface area contributed by atoms with Crippen LogP contribution in [0.25, 0.3) is 0 Å². The lowest BCUT2D eigenvalue weighted by Crippen LogP contribution is -2.06. The number of oxazole rings is 1. The SMILES string of the molecule is Cc1oc(CCCN)nc1C1CCCCC1. The van der Waals surface area contributed by atoms with E-state index in [1.54, 1.807) is 0 Å². The monoisotopic (exact) mass is 222 g/mol. The van der Waals surface area contributed by atoms with Gasteiger partial charge in [0.2, 0.25) is 0 Å². The molecule has 2 rings (SSSR count). The molecule has 0 spiro atoms. The van der Waals surface area contributed by atoms with Crippen LogP contribution >= 0.6 is 0 Å². The van der Waals surface area contributed by atoms with Gasteiger partial charge in [0.25, 0.3) is 0 Å². The Kier molecular flexibility index (Phi) is 3.99. The summed E-state index contributed by atoms with van der Waals surface area (Å²) in [5, 5.41) is 0. The minimum Gasteiger partial charge on any atom is -0.446 e. The predicted octanol–water partition coefficient (Wildman–Crippen LogP) is 2.92. The molecule has 1 aliphatic carbocycles. The standard InChI is InChI=1S/C13H22N2O/c1-10-13(11-6-3-2-4-7-11)15-12(16-10)8-5-9-14/h11H,2-9,14H2,1H3. The molecule has 1 aromatic heterocycles. The minimum absolute atomic E-state index is 0.643. The van der Waals surface area contributed by atoms with Crippen molar-refractivity contribution in [2.24, 2.45) is 5.73 Å². The number of hydrogen-bond acceptors (Lipinski definition) is 3. The first kappa shape index (κ1) is 11.6. The van der Waals surface area contributed by atoms with Gasteiger partial charge in [0.15, 0.2) is 5.89 Å². The van der Waals surface area contributed by atoms with Gasteiger partial charge in [-0.1, -0.05) is 19.3 Å². The molecule has 1 fully saturated rings. The topological polar surface area (TPSA) is 52.0 Å². The average molecular weight is 222 g/mol. The van der Waals surface area contributed by atoms with Crippen LogP contribution in [-0.2, 0) is 6.42 Å². The largest absolute Gasteiger partial charge is 0.446 e. The number of aromatic nitrogens is 1. The van der Waals surface area contributed by atoms with Crippen LogP contribution in [0.15, 0.2) is 4.42 Å². The first-order valence-corrected chi connectivity index (χ1v) is 6.47. The summed E-state index contributed by atoms with van der Waals surface area (Å²) in [7, 11) is 0. The Hall–Kier alpha value is -0.830. The maximum Gasteiger partial charge on any atom is 0.194 e. The quantitative estimate of drug-likeness (QED) is 0.852. The zero-order valence-electron chi connectivity index (χ0n) is 10.2. The van der Waals surface area contributed by atoms with E-state index in [4.69, 9.17) is 10.2 Å². The van der Waals surface area contributed by atoms with Crippen LogP contribution < -0.4 is 5.73 Å². The second-order valence-electron chi connectivity index (χ2n) is 4.78. The first-order valence-electron chi connectivity index (χ1n) is 6.47. The molecule has 3 heteroatoms. The van der Waals surface area contributed by atoms with E-state index in [0.29, 0.717) is 12.5 Å². The van der Waals surface area contributed by atoms with Crippen LogP contribution in [0.4, 0.5) is 0 Å².